The Bertz CT molecular complexity index is 1720. The van der Waals surface area contributed by atoms with Gasteiger partial charge in [0.2, 0.25) is 11.0 Å². The molecular formula is C32H34N6O5S2. The number of aromatic nitrogens is 2. The first-order valence-corrected chi connectivity index (χ1v) is 16.1. The van der Waals surface area contributed by atoms with E-state index in [2.05, 4.69) is 21.6 Å². The van der Waals surface area contributed by atoms with Gasteiger partial charge in [-0.1, -0.05) is 43.0 Å². The summed E-state index contributed by atoms with van der Waals surface area (Å²) in [6.07, 6.45) is 0.836. The van der Waals surface area contributed by atoms with E-state index in [1.165, 1.54) is 30.2 Å². The van der Waals surface area contributed by atoms with E-state index in [0.29, 0.717) is 62.9 Å². The molecule has 1 unspecified atom stereocenters. The lowest BCUT2D eigenvalue weighted by Crippen LogP contribution is -2.42. The topological polar surface area (TPSA) is 153 Å². The predicted octanol–water partition coefficient (Wildman–Crippen LogP) is 5.63. The van der Waals surface area contributed by atoms with Crippen LogP contribution in [0.3, 0.4) is 0 Å². The Hall–Kier alpha value is -4.54. The number of carbonyl (C=O) groups excluding carboxylic acids is 2. The maximum absolute atomic E-state index is 13.9. The molecule has 3 aromatic rings. The zero-order valence-corrected chi connectivity index (χ0v) is 27.3. The lowest BCUT2D eigenvalue weighted by atomic mass is 9.68. The molecule has 11 nitrogen and oxygen atoms in total. The van der Waals surface area contributed by atoms with Gasteiger partial charge in [0, 0.05) is 35.0 Å². The van der Waals surface area contributed by atoms with Crippen molar-refractivity contribution < 1.29 is 23.8 Å². The van der Waals surface area contributed by atoms with Crippen molar-refractivity contribution in [2.24, 2.45) is 11.1 Å². The number of ketones is 1. The average Bonchev–Trinajstić information content (AvgIpc) is 3.48. The largest absolute Gasteiger partial charge is 0.497 e. The zero-order chi connectivity index (χ0) is 32.3. The molecule has 0 spiro atoms. The molecule has 2 heterocycles. The van der Waals surface area contributed by atoms with Gasteiger partial charge in [-0.25, -0.2) is 0 Å². The number of hydrogen-bond acceptors (Lipinski definition) is 12. The molecule has 1 aliphatic heterocycles. The van der Waals surface area contributed by atoms with Gasteiger partial charge in [-0.3, -0.25) is 14.5 Å². The van der Waals surface area contributed by atoms with Crippen molar-refractivity contribution in [1.29, 1.82) is 5.26 Å². The second-order valence-corrected chi connectivity index (χ2v) is 13.4. The van der Waals surface area contributed by atoms with Gasteiger partial charge in [-0.2, -0.15) is 5.26 Å². The number of nitrogens with one attached hydrogen (secondary N) is 1. The van der Waals surface area contributed by atoms with Gasteiger partial charge < -0.3 is 25.3 Å². The van der Waals surface area contributed by atoms with Crippen LogP contribution in [0.5, 0.6) is 17.2 Å². The lowest BCUT2D eigenvalue weighted by Gasteiger charge is -2.42. The van der Waals surface area contributed by atoms with Gasteiger partial charge >= 0.3 is 0 Å². The molecule has 5 rings (SSSR count). The second kappa shape index (κ2) is 13.2. The number of carbonyl (C=O) groups is 2. The van der Waals surface area contributed by atoms with E-state index < -0.39 is 5.92 Å². The molecule has 0 radical (unpaired) electrons. The molecular weight excluding hydrogens is 613 g/mol. The maximum atomic E-state index is 13.9. The van der Waals surface area contributed by atoms with Gasteiger partial charge in [0.1, 0.15) is 23.1 Å². The first-order valence-electron chi connectivity index (χ1n) is 14.3. The minimum Gasteiger partial charge on any atom is -0.497 e. The fourth-order valence-corrected chi connectivity index (χ4v) is 7.25. The third-order valence-electron chi connectivity index (χ3n) is 7.50. The van der Waals surface area contributed by atoms with E-state index in [1.807, 2.05) is 20.8 Å². The third kappa shape index (κ3) is 6.62. The fourth-order valence-electron chi connectivity index (χ4n) is 5.57. The average molecular weight is 647 g/mol. The summed E-state index contributed by atoms with van der Waals surface area (Å²) < 4.78 is 17.0. The first-order chi connectivity index (χ1) is 21.6. The molecule has 1 aromatic heterocycles. The van der Waals surface area contributed by atoms with Crippen LogP contribution in [0, 0.1) is 16.7 Å². The summed E-state index contributed by atoms with van der Waals surface area (Å²) in [7, 11) is 3.09. The van der Waals surface area contributed by atoms with E-state index in [1.54, 1.807) is 54.5 Å². The Morgan fingerprint density at radius 1 is 1.16 bits per heavy atom. The number of rotatable bonds is 10. The number of allylic oxidation sites excluding steroid dienone is 3. The zero-order valence-electron chi connectivity index (χ0n) is 25.7. The highest BCUT2D eigenvalue weighted by Crippen LogP contribution is 2.52. The van der Waals surface area contributed by atoms with Crippen molar-refractivity contribution in [3.63, 3.8) is 0 Å². The molecule has 234 valence electrons. The summed E-state index contributed by atoms with van der Waals surface area (Å²) in [4.78, 5) is 28.2. The molecule has 3 N–H and O–H groups in total. The molecule has 2 aromatic carbocycles. The molecule has 0 saturated heterocycles. The van der Waals surface area contributed by atoms with Gasteiger partial charge in [0.15, 0.2) is 10.1 Å². The third-order valence-corrected chi connectivity index (χ3v) is 9.54. The first kappa shape index (κ1) is 31.9. The number of methoxy groups -OCH3 is 2. The van der Waals surface area contributed by atoms with Crippen LogP contribution in [0.1, 0.15) is 45.1 Å². The molecule has 45 heavy (non-hydrogen) atoms. The number of hydrogen-bond donors (Lipinski definition) is 2. The summed E-state index contributed by atoms with van der Waals surface area (Å²) in [5, 5.41) is 22.4. The number of amides is 1. The Kier molecular flexibility index (Phi) is 9.36. The lowest BCUT2D eigenvalue weighted by molar-refractivity contribution is -0.118. The van der Waals surface area contributed by atoms with Gasteiger partial charge in [-0.05, 0) is 49.1 Å². The van der Waals surface area contributed by atoms with E-state index >= 15 is 0 Å². The van der Waals surface area contributed by atoms with Crippen LogP contribution in [-0.2, 0) is 9.59 Å². The quantitative estimate of drug-likeness (QED) is 0.264. The normalized spacial score (nSPS) is 17.5. The molecule has 2 aliphatic rings. The molecule has 0 bridgehead atoms. The molecule has 1 aliphatic carbocycles. The van der Waals surface area contributed by atoms with Crippen LogP contribution in [0.2, 0.25) is 0 Å². The van der Waals surface area contributed by atoms with Crippen LogP contribution in [0.15, 0.2) is 69.5 Å². The summed E-state index contributed by atoms with van der Waals surface area (Å²) in [5.74, 6) is 1.08. The Labute approximate surface area is 270 Å². The van der Waals surface area contributed by atoms with Crippen molar-refractivity contribution in [3.05, 3.63) is 70.7 Å². The maximum Gasteiger partial charge on any atom is 0.234 e. The second-order valence-electron chi connectivity index (χ2n) is 11.2. The minimum absolute atomic E-state index is 0.0700. The molecule has 0 saturated carbocycles. The predicted molar refractivity (Wildman–Crippen MR) is 174 cm³/mol. The number of benzene rings is 2. The van der Waals surface area contributed by atoms with Crippen LogP contribution < -0.4 is 30.2 Å². The monoisotopic (exact) mass is 646 g/mol. The number of nitriles is 1. The number of ether oxygens (including phenoxy) is 3. The molecule has 1 amide bonds. The minimum atomic E-state index is -0.723. The summed E-state index contributed by atoms with van der Waals surface area (Å²) in [5.41, 5.74) is 9.09. The van der Waals surface area contributed by atoms with E-state index in [-0.39, 0.29) is 34.3 Å². The van der Waals surface area contributed by atoms with E-state index in [9.17, 15) is 14.9 Å². The number of thioether (sulfide) groups is 1. The summed E-state index contributed by atoms with van der Waals surface area (Å²) in [6.45, 7) is 6.53. The van der Waals surface area contributed by atoms with Gasteiger partial charge in [0.25, 0.3) is 0 Å². The van der Waals surface area contributed by atoms with Crippen LogP contribution in [0.4, 0.5) is 10.8 Å². The highest BCUT2D eigenvalue weighted by molar-refractivity contribution is 8.01. The highest BCUT2D eigenvalue weighted by Gasteiger charge is 2.46. The number of nitrogens with two attached hydrogens (primary N) is 1. The molecule has 0 fully saturated rings. The summed E-state index contributed by atoms with van der Waals surface area (Å²) in [6, 6.07) is 14.7. The smallest absolute Gasteiger partial charge is 0.234 e. The number of anilines is 2. The van der Waals surface area contributed by atoms with Crippen molar-refractivity contribution in [2.45, 2.75) is 43.9 Å². The van der Waals surface area contributed by atoms with Crippen molar-refractivity contribution in [1.82, 2.24) is 10.2 Å². The molecule has 13 heteroatoms. The van der Waals surface area contributed by atoms with Gasteiger partial charge in [-0.15, -0.1) is 10.2 Å². The summed E-state index contributed by atoms with van der Waals surface area (Å²) >= 11 is 2.47. The standard InChI is InChI=1S/C32H34N6O5S2/c1-6-43-19-9-7-18(8-10-19)35-26(40)17-44-31-37-36-30(45-31)38-23-14-32(2,3)15-24(39)28(23)27(22(16-33)29(38)34)21-12-11-20(41-4)13-25(21)42-5/h7-13,27H,6,14-15,17,34H2,1-5H3,(H,35,40). The van der Waals surface area contributed by atoms with Gasteiger partial charge in [0.05, 0.1) is 44.1 Å². The highest BCUT2D eigenvalue weighted by atomic mass is 32.2. The van der Waals surface area contributed by atoms with Crippen LogP contribution >= 0.6 is 23.1 Å². The van der Waals surface area contributed by atoms with E-state index in [4.69, 9.17) is 19.9 Å². The van der Waals surface area contributed by atoms with Crippen molar-refractivity contribution >= 4 is 45.6 Å². The Morgan fingerprint density at radius 3 is 2.56 bits per heavy atom. The Morgan fingerprint density at radius 2 is 1.89 bits per heavy atom. The number of nitrogens with zero attached hydrogens (tertiary/aromatic N) is 4. The van der Waals surface area contributed by atoms with Crippen molar-refractivity contribution in [2.75, 3.05) is 36.8 Å². The SMILES string of the molecule is CCOc1ccc(NC(=O)CSc2nnc(N3C(N)=C(C#N)C(c4ccc(OC)cc4OC)C4=C3CC(C)(C)CC4=O)s2)cc1. The Balaban J connectivity index is 1.45. The number of Topliss-reactive ketones (excluding diaryl/α,β-unsaturated/α-hetero) is 1. The van der Waals surface area contributed by atoms with Crippen LogP contribution in [0.25, 0.3) is 0 Å². The van der Waals surface area contributed by atoms with Crippen LogP contribution in [-0.4, -0.2) is 48.5 Å². The molecule has 1 atom stereocenters. The van der Waals surface area contributed by atoms with E-state index in [0.717, 1.165) is 5.75 Å². The fraction of sp³-hybridized carbons (Fsp3) is 0.344. The van der Waals surface area contributed by atoms with Crippen molar-refractivity contribution in [3.8, 4) is 23.3 Å².